The van der Waals surface area contributed by atoms with Gasteiger partial charge in [0, 0.05) is 33.0 Å². The van der Waals surface area contributed by atoms with Crippen LogP contribution in [0.5, 0.6) is 0 Å². The van der Waals surface area contributed by atoms with E-state index in [-0.39, 0.29) is 5.41 Å². The fraction of sp³-hybridized carbons (Fsp3) is 0.0566. The predicted molar refractivity (Wildman–Crippen MR) is 232 cm³/mol. The minimum atomic E-state index is -0.114. The SMILES string of the molecule is CC1(C)c2ccccc2-c2c(N(c3ccc(-c4ccc5c(c4)oc4cc6ccccc6cc45)cc3)c3ccccc3-c3ccc4ccccc4c3)cccc21. The number of fused-ring (bicyclic) bond motifs is 8. The van der Waals surface area contributed by atoms with Gasteiger partial charge in [-0.1, -0.05) is 147 Å². The molecule has 1 aliphatic carbocycles. The van der Waals surface area contributed by atoms with Gasteiger partial charge in [0.05, 0.1) is 11.4 Å². The molecule has 1 heterocycles. The van der Waals surface area contributed by atoms with Crippen molar-refractivity contribution in [2.24, 2.45) is 0 Å². The summed E-state index contributed by atoms with van der Waals surface area (Å²) in [6.07, 6.45) is 0. The molecule has 260 valence electrons. The average molecular weight is 704 g/mol. The molecule has 0 bridgehead atoms. The van der Waals surface area contributed by atoms with Gasteiger partial charge >= 0.3 is 0 Å². The summed E-state index contributed by atoms with van der Waals surface area (Å²) in [6, 6.07) is 68.5. The van der Waals surface area contributed by atoms with Crippen LogP contribution in [0.3, 0.4) is 0 Å². The standard InChI is InChI=1S/C53H37NO/c1-53(2)46-18-9-7-17-44(46)52-47(53)19-11-21-49(52)54(48-20-10-8-16-42(48)40-23-22-34-12-3-4-13-36(34)30-40)41-27-24-35(25-28-41)39-26-29-43-45-31-37-14-5-6-15-38(37)32-51(45)55-50(43)33-39/h3-33H,1-2H3. The quantitative estimate of drug-likeness (QED) is 0.177. The topological polar surface area (TPSA) is 16.4 Å². The third kappa shape index (κ3) is 4.95. The molecule has 0 aliphatic heterocycles. The second-order valence-corrected chi connectivity index (χ2v) is 15.3. The number of hydrogen-bond donors (Lipinski definition) is 0. The van der Waals surface area contributed by atoms with Crippen molar-refractivity contribution in [3.8, 4) is 33.4 Å². The minimum absolute atomic E-state index is 0.114. The van der Waals surface area contributed by atoms with E-state index in [9.17, 15) is 0 Å². The summed E-state index contributed by atoms with van der Waals surface area (Å²) in [5, 5.41) is 7.17. The van der Waals surface area contributed by atoms with E-state index in [0.29, 0.717) is 0 Å². The van der Waals surface area contributed by atoms with Crippen LogP contribution in [-0.2, 0) is 5.41 Å². The van der Waals surface area contributed by atoms with Gasteiger partial charge in [0.25, 0.3) is 0 Å². The Hall–Kier alpha value is -6.90. The zero-order chi connectivity index (χ0) is 36.7. The van der Waals surface area contributed by atoms with Gasteiger partial charge in [-0.15, -0.1) is 0 Å². The van der Waals surface area contributed by atoms with E-state index in [2.05, 4.69) is 207 Å². The Bertz CT molecular complexity index is 3130. The molecule has 10 aromatic rings. The highest BCUT2D eigenvalue weighted by molar-refractivity contribution is 6.11. The van der Waals surface area contributed by atoms with Crippen LogP contribution in [0.4, 0.5) is 17.1 Å². The van der Waals surface area contributed by atoms with E-state index in [1.807, 2.05) is 0 Å². The number of furan rings is 1. The molecule has 2 nitrogen and oxygen atoms in total. The molecule has 0 saturated heterocycles. The lowest BCUT2D eigenvalue weighted by Crippen LogP contribution is -2.16. The molecule has 0 unspecified atom stereocenters. The van der Waals surface area contributed by atoms with E-state index in [4.69, 9.17) is 4.42 Å². The lowest BCUT2D eigenvalue weighted by atomic mass is 9.82. The van der Waals surface area contributed by atoms with E-state index in [1.165, 1.54) is 60.6 Å². The normalized spacial score (nSPS) is 13.1. The van der Waals surface area contributed by atoms with Crippen LogP contribution in [0.15, 0.2) is 192 Å². The molecule has 0 spiro atoms. The number of nitrogens with zero attached hydrogens (tertiary/aromatic N) is 1. The smallest absolute Gasteiger partial charge is 0.136 e. The Morgan fingerprint density at radius 2 is 1.00 bits per heavy atom. The number of benzene rings is 9. The van der Waals surface area contributed by atoms with E-state index < -0.39 is 0 Å². The Balaban J connectivity index is 1.08. The highest BCUT2D eigenvalue weighted by Gasteiger charge is 2.38. The first-order valence-corrected chi connectivity index (χ1v) is 19.1. The van der Waals surface area contributed by atoms with Gasteiger partial charge in [-0.05, 0) is 110 Å². The van der Waals surface area contributed by atoms with Crippen molar-refractivity contribution in [2.45, 2.75) is 19.3 Å². The summed E-state index contributed by atoms with van der Waals surface area (Å²) in [7, 11) is 0. The van der Waals surface area contributed by atoms with Crippen molar-refractivity contribution in [3.05, 3.63) is 199 Å². The van der Waals surface area contributed by atoms with Gasteiger partial charge in [-0.25, -0.2) is 0 Å². The molecule has 2 heteroatoms. The van der Waals surface area contributed by atoms with Crippen molar-refractivity contribution in [3.63, 3.8) is 0 Å². The number of anilines is 3. The third-order valence-electron chi connectivity index (χ3n) is 11.8. The maximum absolute atomic E-state index is 6.46. The lowest BCUT2D eigenvalue weighted by molar-refractivity contribution is 0.660. The Kier molecular flexibility index (Phi) is 6.93. The van der Waals surface area contributed by atoms with Crippen LogP contribution >= 0.6 is 0 Å². The number of para-hydroxylation sites is 1. The van der Waals surface area contributed by atoms with Crippen molar-refractivity contribution in [1.29, 1.82) is 0 Å². The molecule has 0 fully saturated rings. The van der Waals surface area contributed by atoms with Crippen molar-refractivity contribution in [1.82, 2.24) is 0 Å². The average Bonchev–Trinajstić information content (AvgIpc) is 3.71. The summed E-state index contributed by atoms with van der Waals surface area (Å²) in [5.41, 5.74) is 15.1. The largest absolute Gasteiger partial charge is 0.456 e. The molecule has 55 heavy (non-hydrogen) atoms. The van der Waals surface area contributed by atoms with Crippen LogP contribution < -0.4 is 4.90 Å². The first-order chi connectivity index (χ1) is 27.0. The van der Waals surface area contributed by atoms with E-state index in [0.717, 1.165) is 44.4 Å². The van der Waals surface area contributed by atoms with Gasteiger partial charge in [0.2, 0.25) is 0 Å². The highest BCUT2D eigenvalue weighted by Crippen LogP contribution is 2.55. The van der Waals surface area contributed by atoms with Crippen LogP contribution in [-0.4, -0.2) is 0 Å². The van der Waals surface area contributed by atoms with Gasteiger partial charge < -0.3 is 9.32 Å². The Morgan fingerprint density at radius 1 is 0.400 bits per heavy atom. The molecule has 0 N–H and O–H groups in total. The van der Waals surface area contributed by atoms with Crippen molar-refractivity contribution >= 4 is 60.5 Å². The van der Waals surface area contributed by atoms with E-state index in [1.54, 1.807) is 0 Å². The summed E-state index contributed by atoms with van der Waals surface area (Å²) >= 11 is 0. The number of rotatable bonds is 5. The summed E-state index contributed by atoms with van der Waals surface area (Å²) in [4.78, 5) is 2.47. The molecule has 1 aromatic heterocycles. The molecular weight excluding hydrogens is 667 g/mol. The maximum Gasteiger partial charge on any atom is 0.136 e. The Morgan fingerprint density at radius 3 is 1.82 bits per heavy atom. The molecule has 0 amide bonds. The Labute approximate surface area is 320 Å². The van der Waals surface area contributed by atoms with Crippen LogP contribution in [0.2, 0.25) is 0 Å². The zero-order valence-corrected chi connectivity index (χ0v) is 30.8. The lowest BCUT2D eigenvalue weighted by Gasteiger charge is -2.30. The summed E-state index contributed by atoms with van der Waals surface area (Å²) < 4.78 is 6.46. The van der Waals surface area contributed by atoms with Gasteiger partial charge in [0.15, 0.2) is 0 Å². The monoisotopic (exact) mass is 703 g/mol. The first kappa shape index (κ1) is 31.6. The van der Waals surface area contributed by atoms with Gasteiger partial charge in [-0.3, -0.25) is 0 Å². The minimum Gasteiger partial charge on any atom is -0.456 e. The zero-order valence-electron chi connectivity index (χ0n) is 30.8. The van der Waals surface area contributed by atoms with E-state index >= 15 is 0 Å². The van der Waals surface area contributed by atoms with Crippen LogP contribution in [0.25, 0.3) is 76.9 Å². The van der Waals surface area contributed by atoms with Gasteiger partial charge in [-0.2, -0.15) is 0 Å². The van der Waals surface area contributed by atoms with Gasteiger partial charge in [0.1, 0.15) is 11.2 Å². The third-order valence-corrected chi connectivity index (χ3v) is 11.8. The predicted octanol–water partition coefficient (Wildman–Crippen LogP) is 15.0. The fourth-order valence-electron chi connectivity index (χ4n) is 9.04. The summed E-state index contributed by atoms with van der Waals surface area (Å²) in [5.74, 6) is 0. The molecule has 0 radical (unpaired) electrons. The molecule has 0 atom stereocenters. The highest BCUT2D eigenvalue weighted by atomic mass is 16.3. The second kappa shape index (κ2) is 12.1. The fourth-order valence-corrected chi connectivity index (χ4v) is 9.04. The van der Waals surface area contributed by atoms with Crippen molar-refractivity contribution < 1.29 is 4.42 Å². The first-order valence-electron chi connectivity index (χ1n) is 19.1. The van der Waals surface area contributed by atoms with Crippen LogP contribution in [0.1, 0.15) is 25.0 Å². The maximum atomic E-state index is 6.46. The second-order valence-electron chi connectivity index (χ2n) is 15.3. The molecule has 9 aromatic carbocycles. The molecular formula is C53H37NO. The molecule has 0 saturated carbocycles. The van der Waals surface area contributed by atoms with Crippen LogP contribution in [0, 0.1) is 0 Å². The molecule has 1 aliphatic rings. The summed E-state index contributed by atoms with van der Waals surface area (Å²) in [6.45, 7) is 4.70. The van der Waals surface area contributed by atoms with Crippen molar-refractivity contribution in [2.75, 3.05) is 4.90 Å². The number of hydrogen-bond acceptors (Lipinski definition) is 2. The molecule has 11 rings (SSSR count).